The Morgan fingerprint density at radius 1 is 0.789 bits per heavy atom. The molecule has 0 saturated carbocycles. The Morgan fingerprint density at radius 2 is 1.55 bits per heavy atom. The number of hydrogen-bond acceptors (Lipinski definition) is 19. The Morgan fingerprint density at radius 3 is 2.29 bits per heavy atom. The van der Waals surface area contributed by atoms with E-state index in [0.29, 0.717) is 81.1 Å². The first-order valence-electron chi connectivity index (χ1n) is 29.9. The van der Waals surface area contributed by atoms with Crippen molar-refractivity contribution < 1.29 is 109 Å². The lowest BCUT2D eigenvalue weighted by atomic mass is 9.89. The molecule has 0 spiro atoms. The number of hydrogen-bond donors (Lipinski definition) is 8. The number of amides is 3. The van der Waals surface area contributed by atoms with Gasteiger partial charge in [-0.05, 0) is 67.3 Å². The highest BCUT2D eigenvalue weighted by Gasteiger charge is 2.45. The molecule has 0 bridgehead atoms. The van der Waals surface area contributed by atoms with E-state index in [9.17, 15) is 67.3 Å². The second kappa shape index (κ2) is 30.5. The molecule has 6 atom stereocenters. The molecular formula is C64H69N5O23P3+. The fraction of sp³-hybridized carbons (Fsp3) is 0.344. The Hall–Kier alpha value is -8.51. The number of ketones is 3. The molecular weight excluding hydrogens is 1300 g/mol. The monoisotopic (exact) mass is 1370 g/mol. The average molecular weight is 1370 g/mol. The number of para-hydroxylation sites is 1. The van der Waals surface area contributed by atoms with Gasteiger partial charge in [-0.15, -0.1) is 0 Å². The van der Waals surface area contributed by atoms with Crippen LogP contribution in [0.25, 0.3) is 33.4 Å². The number of aromatic carboxylic acids is 1. The van der Waals surface area contributed by atoms with Crippen molar-refractivity contribution in [3.05, 3.63) is 136 Å². The molecule has 8 N–H and O–H groups in total. The van der Waals surface area contributed by atoms with Crippen LogP contribution in [0.1, 0.15) is 109 Å². The highest BCUT2D eigenvalue weighted by Crippen LogP contribution is 2.66. The largest absolute Gasteiger partial charge is 0.493 e. The Balaban J connectivity index is 0.700. The Bertz CT molecular complexity index is 4300. The number of carboxylic acids is 1. The summed E-state index contributed by atoms with van der Waals surface area (Å²) in [6.07, 6.45) is -2.75. The van der Waals surface area contributed by atoms with E-state index in [1.54, 1.807) is 48.5 Å². The maximum Gasteiger partial charge on any atom is 0.490 e. The molecule has 0 aromatic heterocycles. The van der Waals surface area contributed by atoms with Crippen LogP contribution in [0.3, 0.4) is 0 Å². The molecule has 0 radical (unpaired) electrons. The summed E-state index contributed by atoms with van der Waals surface area (Å²) in [5, 5.41) is 28.5. The number of phosphoric ester groups is 1. The Kier molecular flexibility index (Phi) is 22.7. The first-order chi connectivity index (χ1) is 45.0. The molecule has 1 fully saturated rings. The summed E-state index contributed by atoms with van der Waals surface area (Å²) in [5.41, 5.74) is 4.70. The van der Waals surface area contributed by atoms with Gasteiger partial charge in [-0.1, -0.05) is 42.2 Å². The second-order valence-corrected chi connectivity index (χ2v) is 27.2. The molecule has 5 aliphatic rings. The molecule has 502 valence electrons. The minimum atomic E-state index is -5.81. The number of allylic oxidation sites excluding steroid dienone is 1. The first kappa shape index (κ1) is 70.8. The predicted molar refractivity (Wildman–Crippen MR) is 340 cm³/mol. The summed E-state index contributed by atoms with van der Waals surface area (Å²) in [7, 11) is -9.32. The van der Waals surface area contributed by atoms with Crippen molar-refractivity contribution in [2.45, 2.75) is 95.1 Å². The third kappa shape index (κ3) is 18.5. The quantitative estimate of drug-likeness (QED) is 0.00455. The number of carbonyl (C=O) groups excluding carboxylic acids is 6. The number of fused-ring (bicyclic) bond motifs is 4. The summed E-state index contributed by atoms with van der Waals surface area (Å²) < 4.78 is 72.8. The van der Waals surface area contributed by atoms with Crippen molar-refractivity contribution in [2.75, 3.05) is 52.8 Å². The summed E-state index contributed by atoms with van der Waals surface area (Å²) in [6, 6.07) is 28.0. The average Bonchev–Trinajstić information content (AvgIpc) is 0.801. The van der Waals surface area contributed by atoms with Gasteiger partial charge in [0.25, 0.3) is 0 Å². The number of ether oxygens (including phenoxy) is 3. The number of carbonyl (C=O) groups is 7. The number of unbranched alkanes of at least 4 members (excludes halogenated alkanes) is 1. The zero-order valence-corrected chi connectivity index (χ0v) is 54.5. The highest BCUT2D eigenvalue weighted by atomic mass is 31.3. The van der Waals surface area contributed by atoms with Gasteiger partial charge >= 0.3 is 29.4 Å². The van der Waals surface area contributed by atoms with Crippen LogP contribution in [0.5, 0.6) is 17.2 Å². The minimum absolute atomic E-state index is 0.0205. The van der Waals surface area contributed by atoms with Gasteiger partial charge in [0, 0.05) is 129 Å². The van der Waals surface area contributed by atoms with E-state index < -0.39 is 84.5 Å². The molecule has 4 heterocycles. The van der Waals surface area contributed by atoms with Gasteiger partial charge in [-0.3, -0.25) is 38.2 Å². The lowest BCUT2D eigenvalue weighted by Gasteiger charge is -2.29. The normalized spacial score (nSPS) is 18.0. The van der Waals surface area contributed by atoms with Crippen LogP contribution in [0.4, 0.5) is 5.69 Å². The maximum atomic E-state index is 13.5. The maximum absolute atomic E-state index is 13.5. The number of aliphatic hydroxyl groups excluding tert-OH is 1. The fourth-order valence-corrected chi connectivity index (χ4v) is 13.8. The number of carboxylic acid groups (broad SMARTS) is 1. The minimum Gasteiger partial charge on any atom is -0.493 e. The highest BCUT2D eigenvalue weighted by molar-refractivity contribution is 7.66. The SMILES string of the molecule is CN(C)c1ccc2c(-c3ccc(C(=O)CCCNC(=O)CCCCOc4ccc5c(c4)Oc4ccccc4C5NC(=O)CCC(=O)CCC#CC4=CN(C5CC(O)C(COP(=O)(O)OP(=O)(O)OP(=O)(O)O)O5)C(=O)CC4=O)cc3C(=O)O)c3ccc(=[N+](C)C)cc-3oc2c1. The zero-order chi connectivity index (χ0) is 68.5. The topological polar surface area (TPSA) is 394 Å². The van der Waals surface area contributed by atoms with Crippen molar-refractivity contribution in [2.24, 2.45) is 0 Å². The molecule has 31 heteroatoms. The van der Waals surface area contributed by atoms with Gasteiger partial charge < -0.3 is 63.9 Å². The summed E-state index contributed by atoms with van der Waals surface area (Å²) in [6.45, 7) is -0.469. The van der Waals surface area contributed by atoms with Crippen LogP contribution in [-0.4, -0.2) is 142 Å². The number of nitrogens with zero attached hydrogens (tertiary/aromatic N) is 3. The summed E-state index contributed by atoms with van der Waals surface area (Å²) in [5.74, 6) is 3.58. The molecule has 95 heavy (non-hydrogen) atoms. The molecule has 28 nitrogen and oxygen atoms in total. The molecule has 6 unspecified atom stereocenters. The van der Waals surface area contributed by atoms with Gasteiger partial charge in [0.2, 0.25) is 23.1 Å². The summed E-state index contributed by atoms with van der Waals surface area (Å²) in [4.78, 5) is 131. The number of Topliss-reactive ketones (excluding diaryl/α,β-unsaturated/α-hetero) is 3. The van der Waals surface area contributed by atoms with Crippen molar-refractivity contribution in [3.63, 3.8) is 0 Å². The van der Waals surface area contributed by atoms with Crippen LogP contribution >= 0.6 is 23.5 Å². The van der Waals surface area contributed by atoms with Gasteiger partial charge in [0.15, 0.2) is 11.6 Å². The number of benzene rings is 5. The standard InChI is InChI=1S/C64H68N5O23P3/c1-67(2)40-19-24-45-54(31-40)89-55-32-41(68(3)4)20-25-46(55)62(45)44-23-18-38(30-49(44)64(77)78)50(71)15-11-28-65-58(74)17-9-10-29-86-43-22-26-48-56(33-43)88-53-16-8-7-14-47(53)63(48)66-59(75)27-21-42(70)13-6-5-12-39-36-69(60(76)34-51(39)72)61-35-52(73)57(90-61)37-87-94(82,83)92-95(84,85)91-93(79,80)81/h7-8,14,16,18-20,22-26,30-33,36,52,57,61,63,73H,6,9-11,13,15,17,21,27-29,34-35,37H2,1-4H3,(H6-,65,66,74,75,77,78,79,80,81,82,83,84,85)/p+1. The number of rotatable bonds is 28. The first-order valence-corrected chi connectivity index (χ1v) is 34.4. The van der Waals surface area contributed by atoms with E-state index in [4.69, 9.17) is 28.4 Å². The molecule has 1 saturated heterocycles. The number of anilines is 1. The van der Waals surface area contributed by atoms with Gasteiger partial charge in [0.05, 0.1) is 49.0 Å². The van der Waals surface area contributed by atoms with E-state index >= 15 is 0 Å². The van der Waals surface area contributed by atoms with E-state index in [1.165, 1.54) is 6.07 Å². The third-order valence-electron chi connectivity index (χ3n) is 15.5. The van der Waals surface area contributed by atoms with Crippen LogP contribution in [0, 0.1) is 11.8 Å². The molecule has 4 aromatic rings. The van der Waals surface area contributed by atoms with Gasteiger partial charge in [-0.25, -0.2) is 23.1 Å². The van der Waals surface area contributed by atoms with Crippen LogP contribution in [0.2, 0.25) is 0 Å². The zero-order valence-electron chi connectivity index (χ0n) is 51.8. The van der Waals surface area contributed by atoms with E-state index in [-0.39, 0.29) is 92.3 Å². The lowest BCUT2D eigenvalue weighted by molar-refractivity contribution is -0.144. The lowest BCUT2D eigenvalue weighted by Crippen LogP contribution is -2.41. The van der Waals surface area contributed by atoms with E-state index in [1.807, 2.05) is 80.1 Å². The van der Waals surface area contributed by atoms with Crippen molar-refractivity contribution in [3.8, 4) is 51.5 Å². The van der Waals surface area contributed by atoms with E-state index in [2.05, 4.69) is 35.6 Å². The van der Waals surface area contributed by atoms with Crippen LogP contribution in [-0.2, 0) is 55.5 Å². The smallest absolute Gasteiger partial charge is 0.490 e. The molecule has 4 aromatic carbocycles. The number of nitrogens with one attached hydrogen (secondary N) is 2. The molecule has 1 aliphatic carbocycles. The molecule has 3 amide bonds. The summed E-state index contributed by atoms with van der Waals surface area (Å²) >= 11 is 0. The number of aliphatic hydroxyl groups is 1. The fourth-order valence-electron chi connectivity index (χ4n) is 10.7. The second-order valence-electron chi connectivity index (χ2n) is 22.8. The molecule has 4 aliphatic heterocycles. The van der Waals surface area contributed by atoms with Crippen molar-refractivity contribution in [1.29, 1.82) is 0 Å². The van der Waals surface area contributed by atoms with Gasteiger partial charge in [-0.2, -0.15) is 8.62 Å². The van der Waals surface area contributed by atoms with E-state index in [0.717, 1.165) is 22.1 Å². The van der Waals surface area contributed by atoms with Crippen LogP contribution < -0.4 is 34.9 Å². The molecule has 9 rings (SSSR count). The van der Waals surface area contributed by atoms with Crippen LogP contribution in [0.15, 0.2) is 113 Å². The van der Waals surface area contributed by atoms with Crippen molar-refractivity contribution >= 4 is 81.2 Å². The predicted octanol–water partition coefficient (Wildman–Crippen LogP) is 7.28. The van der Waals surface area contributed by atoms with Gasteiger partial charge in [0.1, 0.15) is 60.8 Å². The van der Waals surface area contributed by atoms with Crippen molar-refractivity contribution in [1.82, 2.24) is 20.1 Å². The third-order valence-corrected chi connectivity index (χ3v) is 19.3. The number of phosphoric acid groups is 3. The Labute approximate surface area is 543 Å².